The number of fused-ring (bicyclic) bond motifs is 3. The summed E-state index contributed by atoms with van der Waals surface area (Å²) in [4.78, 5) is 11.6. The maximum absolute atomic E-state index is 11.6. The predicted molar refractivity (Wildman–Crippen MR) is 98.1 cm³/mol. The second-order valence-corrected chi connectivity index (χ2v) is 5.53. The number of ether oxygens (including phenoxy) is 1. The van der Waals surface area contributed by atoms with Crippen LogP contribution >= 0.6 is 12.2 Å². The van der Waals surface area contributed by atoms with E-state index >= 15 is 0 Å². The largest absolute Gasteiger partial charge is 0.450 e. The van der Waals surface area contributed by atoms with Gasteiger partial charge in [0.05, 0.1) is 12.3 Å². The number of nitrogens with zero attached hydrogens (tertiary/aromatic N) is 1. The summed E-state index contributed by atoms with van der Waals surface area (Å²) < 4.78 is 4.91. The van der Waals surface area contributed by atoms with E-state index in [1.54, 1.807) is 6.92 Å². The minimum atomic E-state index is -0.493. The molecule has 0 atom stereocenters. The topological polar surface area (TPSA) is 88.7 Å². The van der Waals surface area contributed by atoms with Gasteiger partial charge in [-0.05, 0) is 42.4 Å². The summed E-state index contributed by atoms with van der Waals surface area (Å²) in [6.45, 7) is 2.07. The van der Waals surface area contributed by atoms with E-state index in [9.17, 15) is 4.79 Å². The van der Waals surface area contributed by atoms with Crippen molar-refractivity contribution >= 4 is 34.8 Å². The molecule has 1 amide bonds. The third kappa shape index (κ3) is 3.07. The minimum absolute atomic E-state index is 0.0919. The number of carbonyl (C=O) groups excluding carboxylic acids is 1. The lowest BCUT2D eigenvalue weighted by atomic mass is 10.1. The highest BCUT2D eigenvalue weighted by Crippen LogP contribution is 2.38. The number of nitrogens with one attached hydrogen (secondary N) is 2. The van der Waals surface area contributed by atoms with Crippen molar-refractivity contribution in [2.75, 3.05) is 11.9 Å². The van der Waals surface area contributed by atoms with Crippen molar-refractivity contribution in [3.05, 3.63) is 53.6 Å². The van der Waals surface area contributed by atoms with E-state index in [0.717, 1.165) is 28.0 Å². The molecule has 7 heteroatoms. The van der Waals surface area contributed by atoms with E-state index < -0.39 is 6.09 Å². The van der Waals surface area contributed by atoms with Crippen molar-refractivity contribution in [2.24, 2.45) is 10.8 Å². The van der Waals surface area contributed by atoms with Gasteiger partial charge < -0.3 is 10.5 Å². The molecule has 2 aromatic carbocycles. The van der Waals surface area contributed by atoms with Crippen LogP contribution in [0.5, 0.6) is 0 Å². The molecule has 0 bridgehead atoms. The van der Waals surface area contributed by atoms with Crippen LogP contribution in [-0.4, -0.2) is 23.5 Å². The summed E-state index contributed by atoms with van der Waals surface area (Å²) in [7, 11) is 0. The van der Waals surface area contributed by atoms with Crippen LogP contribution in [0, 0.1) is 0 Å². The first kappa shape index (κ1) is 15.9. The molecule has 0 saturated carbocycles. The number of thiocarbonyl (C=S) groups is 1. The van der Waals surface area contributed by atoms with Crippen molar-refractivity contribution in [1.29, 1.82) is 0 Å². The second-order valence-electron chi connectivity index (χ2n) is 5.09. The Morgan fingerprint density at radius 3 is 2.58 bits per heavy atom. The van der Waals surface area contributed by atoms with E-state index in [0.29, 0.717) is 12.3 Å². The molecule has 4 N–H and O–H groups in total. The highest BCUT2D eigenvalue weighted by molar-refractivity contribution is 7.80. The number of hydrazone groups is 1. The molecular formula is C17H16N4O2S. The number of hydrogen-bond acceptors (Lipinski definition) is 4. The van der Waals surface area contributed by atoms with Crippen LogP contribution in [0.3, 0.4) is 0 Å². The quantitative estimate of drug-likeness (QED) is 0.504. The van der Waals surface area contributed by atoms with Crippen LogP contribution in [0.2, 0.25) is 0 Å². The van der Waals surface area contributed by atoms with Gasteiger partial charge in [0.25, 0.3) is 0 Å². The van der Waals surface area contributed by atoms with Crippen LogP contribution < -0.4 is 16.5 Å². The van der Waals surface area contributed by atoms with Gasteiger partial charge in [-0.15, -0.1) is 0 Å². The molecule has 1 aliphatic carbocycles. The SMILES string of the molecule is CCOC(=O)Nc1ccc2c(c1)C(=NNC(N)=S)c1ccccc1-2. The summed E-state index contributed by atoms with van der Waals surface area (Å²) in [6, 6.07) is 13.5. The smallest absolute Gasteiger partial charge is 0.411 e. The van der Waals surface area contributed by atoms with Gasteiger partial charge in [-0.2, -0.15) is 5.10 Å². The molecule has 0 aromatic heterocycles. The van der Waals surface area contributed by atoms with Crippen LogP contribution in [0.4, 0.5) is 10.5 Å². The number of rotatable bonds is 3. The Kier molecular flexibility index (Phi) is 4.43. The normalized spacial score (nSPS) is 13.1. The molecule has 1 aliphatic rings. The fourth-order valence-corrected chi connectivity index (χ4v) is 2.68. The predicted octanol–water partition coefficient (Wildman–Crippen LogP) is 2.82. The lowest BCUT2D eigenvalue weighted by Crippen LogP contribution is -2.25. The van der Waals surface area contributed by atoms with Gasteiger partial charge in [0.15, 0.2) is 5.11 Å². The average Bonchev–Trinajstić information content (AvgIpc) is 2.86. The van der Waals surface area contributed by atoms with Crippen LogP contribution in [0.1, 0.15) is 18.1 Å². The maximum Gasteiger partial charge on any atom is 0.411 e. The summed E-state index contributed by atoms with van der Waals surface area (Å²) in [6.07, 6.45) is -0.493. The summed E-state index contributed by atoms with van der Waals surface area (Å²) in [5.41, 5.74) is 13.4. The van der Waals surface area contributed by atoms with Gasteiger partial charge in [0, 0.05) is 16.8 Å². The van der Waals surface area contributed by atoms with Crippen molar-refractivity contribution in [1.82, 2.24) is 5.43 Å². The first-order valence-electron chi connectivity index (χ1n) is 7.41. The highest BCUT2D eigenvalue weighted by atomic mass is 32.1. The molecule has 0 heterocycles. The molecule has 24 heavy (non-hydrogen) atoms. The Morgan fingerprint density at radius 2 is 1.88 bits per heavy atom. The molecule has 0 saturated heterocycles. The Balaban J connectivity index is 2.02. The van der Waals surface area contributed by atoms with Crippen molar-refractivity contribution < 1.29 is 9.53 Å². The second kappa shape index (κ2) is 6.67. The van der Waals surface area contributed by atoms with E-state index in [1.807, 2.05) is 42.5 Å². The van der Waals surface area contributed by atoms with Gasteiger partial charge in [-0.25, -0.2) is 4.79 Å². The standard InChI is InChI=1S/C17H16N4O2S/c1-2-23-17(22)19-10-7-8-12-11-5-3-4-6-13(11)15(14(12)9-10)20-21-16(18)24/h3-9H,2H2,1H3,(H,19,22)(H3,18,21,24). The zero-order chi connectivity index (χ0) is 17.1. The Hall–Kier alpha value is -2.93. The maximum atomic E-state index is 11.6. The fraction of sp³-hybridized carbons (Fsp3) is 0.118. The van der Waals surface area contributed by atoms with Crippen molar-refractivity contribution in [3.8, 4) is 11.1 Å². The molecule has 0 spiro atoms. The minimum Gasteiger partial charge on any atom is -0.450 e. The van der Waals surface area contributed by atoms with Gasteiger partial charge in [-0.1, -0.05) is 30.3 Å². The zero-order valence-electron chi connectivity index (χ0n) is 13.0. The summed E-state index contributed by atoms with van der Waals surface area (Å²) in [5.74, 6) is 0. The van der Waals surface area contributed by atoms with Crippen molar-refractivity contribution in [3.63, 3.8) is 0 Å². The lowest BCUT2D eigenvalue weighted by Gasteiger charge is -2.08. The average molecular weight is 340 g/mol. The number of amides is 1. The Morgan fingerprint density at radius 1 is 1.17 bits per heavy atom. The molecule has 6 nitrogen and oxygen atoms in total. The van der Waals surface area contributed by atoms with Crippen molar-refractivity contribution in [2.45, 2.75) is 6.92 Å². The molecular weight excluding hydrogens is 324 g/mol. The molecule has 0 radical (unpaired) electrons. The van der Waals surface area contributed by atoms with Crippen LogP contribution in [0.25, 0.3) is 11.1 Å². The van der Waals surface area contributed by atoms with E-state index in [1.165, 1.54) is 0 Å². The third-order valence-corrected chi connectivity index (χ3v) is 3.64. The highest BCUT2D eigenvalue weighted by Gasteiger charge is 2.25. The van der Waals surface area contributed by atoms with Gasteiger partial charge in [0.1, 0.15) is 0 Å². The number of carbonyl (C=O) groups is 1. The first-order valence-corrected chi connectivity index (χ1v) is 7.82. The van der Waals surface area contributed by atoms with Gasteiger partial charge >= 0.3 is 6.09 Å². The molecule has 3 rings (SSSR count). The fourth-order valence-electron chi connectivity index (χ4n) is 2.64. The Bertz CT molecular complexity index is 848. The number of hydrogen-bond donors (Lipinski definition) is 3. The molecule has 0 unspecified atom stereocenters. The van der Waals surface area contributed by atoms with E-state index in [2.05, 4.69) is 15.8 Å². The summed E-state index contributed by atoms with van der Waals surface area (Å²) >= 11 is 4.83. The van der Waals surface area contributed by atoms with Gasteiger partial charge in [-0.3, -0.25) is 10.7 Å². The lowest BCUT2D eigenvalue weighted by molar-refractivity contribution is 0.168. The molecule has 0 aliphatic heterocycles. The van der Waals surface area contributed by atoms with Crippen LogP contribution in [-0.2, 0) is 4.74 Å². The number of nitrogens with two attached hydrogens (primary N) is 1. The third-order valence-electron chi connectivity index (χ3n) is 3.55. The first-order chi connectivity index (χ1) is 11.6. The number of anilines is 1. The Labute approximate surface area is 144 Å². The molecule has 0 fully saturated rings. The number of benzene rings is 2. The molecule has 122 valence electrons. The summed E-state index contributed by atoms with van der Waals surface area (Å²) in [5, 5.41) is 7.11. The van der Waals surface area contributed by atoms with E-state index in [4.69, 9.17) is 22.7 Å². The monoisotopic (exact) mass is 340 g/mol. The van der Waals surface area contributed by atoms with Crippen LogP contribution in [0.15, 0.2) is 47.6 Å². The molecule has 2 aromatic rings. The van der Waals surface area contributed by atoms with Gasteiger partial charge in [0.2, 0.25) is 0 Å². The zero-order valence-corrected chi connectivity index (χ0v) is 13.8. The van der Waals surface area contributed by atoms with E-state index in [-0.39, 0.29) is 5.11 Å².